The lowest BCUT2D eigenvalue weighted by Gasteiger charge is -2.09. The highest BCUT2D eigenvalue weighted by Crippen LogP contribution is 2.43. The van der Waals surface area contributed by atoms with Gasteiger partial charge in [-0.2, -0.15) is 0 Å². The molecular formula is C9H17O4P. The van der Waals surface area contributed by atoms with E-state index in [-0.39, 0.29) is 6.16 Å². The molecule has 0 radical (unpaired) electrons. The van der Waals surface area contributed by atoms with Crippen LogP contribution in [0.5, 0.6) is 0 Å². The smallest absolute Gasteiger partial charge is 0.378 e. The summed E-state index contributed by atoms with van der Waals surface area (Å²) in [6.45, 7) is 5.20. The predicted molar refractivity (Wildman–Crippen MR) is 55.1 cm³/mol. The summed E-state index contributed by atoms with van der Waals surface area (Å²) in [5, 5.41) is 0. The third-order valence-corrected chi connectivity index (χ3v) is 3.04. The molecule has 5 heteroatoms. The summed E-state index contributed by atoms with van der Waals surface area (Å²) in [5.41, 5.74) is 0. The standard InChI is InChI=1S/C9H17O4P/c1-3-5-6-7-8-14(11,12)13-9(10)4-2/h4H,2-3,5-8H2,1H3,(H,11,12). The van der Waals surface area contributed by atoms with Gasteiger partial charge in [0.1, 0.15) is 0 Å². The third-order valence-electron chi connectivity index (χ3n) is 1.69. The normalized spacial score (nSPS) is 14.4. The lowest BCUT2D eigenvalue weighted by molar-refractivity contribution is -0.129. The Bertz CT molecular complexity index is 237. The second-order valence-corrected chi connectivity index (χ2v) is 4.94. The molecule has 0 aliphatic heterocycles. The van der Waals surface area contributed by atoms with E-state index in [1.807, 2.05) is 0 Å². The molecule has 0 heterocycles. The molecule has 1 unspecified atom stereocenters. The first kappa shape index (κ1) is 13.4. The van der Waals surface area contributed by atoms with Gasteiger partial charge in [0, 0.05) is 6.08 Å². The van der Waals surface area contributed by atoms with Crippen LogP contribution in [-0.4, -0.2) is 17.0 Å². The fourth-order valence-electron chi connectivity index (χ4n) is 0.962. The Morgan fingerprint density at radius 2 is 2.14 bits per heavy atom. The highest BCUT2D eigenvalue weighted by molar-refractivity contribution is 7.53. The molecule has 0 aromatic heterocycles. The second-order valence-electron chi connectivity index (χ2n) is 3.04. The van der Waals surface area contributed by atoms with Crippen LogP contribution >= 0.6 is 7.60 Å². The van der Waals surface area contributed by atoms with Crippen LogP contribution in [0.2, 0.25) is 0 Å². The van der Waals surface area contributed by atoms with E-state index in [0.717, 1.165) is 25.3 Å². The summed E-state index contributed by atoms with van der Waals surface area (Å²) in [6.07, 6.45) is 4.48. The van der Waals surface area contributed by atoms with Crippen molar-refractivity contribution in [1.29, 1.82) is 0 Å². The Kier molecular flexibility index (Phi) is 6.50. The molecule has 4 nitrogen and oxygen atoms in total. The average Bonchev–Trinajstić information content (AvgIpc) is 2.12. The summed E-state index contributed by atoms with van der Waals surface area (Å²) in [5.74, 6) is -0.841. The summed E-state index contributed by atoms with van der Waals surface area (Å²) in [7, 11) is -3.73. The van der Waals surface area contributed by atoms with Crippen LogP contribution in [0.25, 0.3) is 0 Å². The van der Waals surface area contributed by atoms with Gasteiger partial charge in [-0.3, -0.25) is 0 Å². The molecule has 0 saturated heterocycles. The van der Waals surface area contributed by atoms with Crippen molar-refractivity contribution < 1.29 is 18.8 Å². The number of rotatable bonds is 7. The zero-order valence-corrected chi connectivity index (χ0v) is 9.33. The van der Waals surface area contributed by atoms with E-state index >= 15 is 0 Å². The molecule has 1 atom stereocenters. The van der Waals surface area contributed by atoms with E-state index in [2.05, 4.69) is 18.0 Å². The number of hydrogen-bond acceptors (Lipinski definition) is 3. The maximum atomic E-state index is 11.2. The SMILES string of the molecule is C=CC(=O)OP(=O)(O)CCCCCC. The van der Waals surface area contributed by atoms with Crippen molar-refractivity contribution in [2.45, 2.75) is 32.6 Å². The van der Waals surface area contributed by atoms with E-state index in [1.165, 1.54) is 0 Å². The van der Waals surface area contributed by atoms with Crippen LogP contribution in [0, 0.1) is 0 Å². The number of hydrogen-bond donors (Lipinski definition) is 1. The quantitative estimate of drug-likeness (QED) is 0.406. The zero-order chi connectivity index (χ0) is 11.0. The first-order valence-electron chi connectivity index (χ1n) is 4.69. The van der Waals surface area contributed by atoms with Crippen molar-refractivity contribution in [3.63, 3.8) is 0 Å². The molecule has 14 heavy (non-hydrogen) atoms. The Hall–Kier alpha value is -0.600. The van der Waals surface area contributed by atoms with Crippen LogP contribution in [0.4, 0.5) is 0 Å². The van der Waals surface area contributed by atoms with Crippen molar-refractivity contribution in [3.8, 4) is 0 Å². The van der Waals surface area contributed by atoms with Crippen LogP contribution in [0.3, 0.4) is 0 Å². The summed E-state index contributed by atoms with van der Waals surface area (Å²) >= 11 is 0. The zero-order valence-electron chi connectivity index (χ0n) is 8.44. The lowest BCUT2D eigenvalue weighted by atomic mass is 10.2. The van der Waals surface area contributed by atoms with Crippen molar-refractivity contribution in [2.75, 3.05) is 6.16 Å². The first-order chi connectivity index (χ1) is 6.52. The van der Waals surface area contributed by atoms with Gasteiger partial charge in [-0.15, -0.1) is 0 Å². The van der Waals surface area contributed by atoms with Crippen molar-refractivity contribution in [2.24, 2.45) is 0 Å². The molecule has 0 aromatic rings. The minimum Gasteiger partial charge on any atom is -0.388 e. The van der Waals surface area contributed by atoms with E-state index in [9.17, 15) is 14.3 Å². The molecule has 0 bridgehead atoms. The fraction of sp³-hybridized carbons (Fsp3) is 0.667. The Labute approximate surface area is 84.5 Å². The van der Waals surface area contributed by atoms with Gasteiger partial charge < -0.3 is 9.42 Å². The molecule has 0 spiro atoms. The van der Waals surface area contributed by atoms with Crippen LogP contribution in [-0.2, 0) is 13.9 Å². The molecule has 0 fully saturated rings. The third kappa shape index (κ3) is 6.87. The highest BCUT2D eigenvalue weighted by atomic mass is 31.2. The lowest BCUT2D eigenvalue weighted by Crippen LogP contribution is -2.01. The van der Waals surface area contributed by atoms with E-state index in [1.54, 1.807) is 0 Å². The molecule has 82 valence electrons. The van der Waals surface area contributed by atoms with E-state index < -0.39 is 13.6 Å². The van der Waals surface area contributed by atoms with Gasteiger partial charge in [0.05, 0.1) is 6.16 Å². The molecule has 0 aliphatic rings. The summed E-state index contributed by atoms with van der Waals surface area (Å²) in [6, 6.07) is 0. The van der Waals surface area contributed by atoms with Gasteiger partial charge in [-0.1, -0.05) is 32.8 Å². The summed E-state index contributed by atoms with van der Waals surface area (Å²) < 4.78 is 15.5. The highest BCUT2D eigenvalue weighted by Gasteiger charge is 2.21. The largest absolute Gasteiger partial charge is 0.388 e. The Balaban J connectivity index is 3.77. The molecule has 1 N–H and O–H groups in total. The summed E-state index contributed by atoms with van der Waals surface area (Å²) in [4.78, 5) is 19.8. The molecule has 0 aromatic carbocycles. The predicted octanol–water partition coefficient (Wildman–Crippen LogP) is 2.48. The van der Waals surface area contributed by atoms with Gasteiger partial charge in [-0.05, 0) is 6.42 Å². The fourth-order valence-corrected chi connectivity index (χ4v) is 2.03. The minimum atomic E-state index is -3.73. The Morgan fingerprint density at radius 3 is 2.64 bits per heavy atom. The van der Waals surface area contributed by atoms with Crippen LogP contribution in [0.15, 0.2) is 12.7 Å². The van der Waals surface area contributed by atoms with Gasteiger partial charge in [0.2, 0.25) is 0 Å². The Morgan fingerprint density at radius 1 is 1.50 bits per heavy atom. The van der Waals surface area contributed by atoms with Gasteiger partial charge in [0.25, 0.3) is 0 Å². The molecule has 0 aliphatic carbocycles. The maximum Gasteiger partial charge on any atom is 0.378 e. The molecule has 0 amide bonds. The van der Waals surface area contributed by atoms with Gasteiger partial charge in [-0.25, -0.2) is 9.36 Å². The van der Waals surface area contributed by atoms with Gasteiger partial charge in [0.15, 0.2) is 0 Å². The molecule has 0 saturated carbocycles. The van der Waals surface area contributed by atoms with E-state index in [0.29, 0.717) is 6.42 Å². The average molecular weight is 220 g/mol. The maximum absolute atomic E-state index is 11.2. The van der Waals surface area contributed by atoms with Crippen molar-refractivity contribution >= 4 is 13.6 Å². The number of carbonyl (C=O) groups is 1. The monoisotopic (exact) mass is 220 g/mol. The molecule has 0 rings (SSSR count). The first-order valence-corrected chi connectivity index (χ1v) is 6.46. The van der Waals surface area contributed by atoms with Crippen molar-refractivity contribution in [3.05, 3.63) is 12.7 Å². The van der Waals surface area contributed by atoms with Crippen LogP contribution < -0.4 is 0 Å². The topological polar surface area (TPSA) is 63.6 Å². The van der Waals surface area contributed by atoms with E-state index in [4.69, 9.17) is 0 Å². The molecular weight excluding hydrogens is 203 g/mol. The van der Waals surface area contributed by atoms with Crippen LogP contribution in [0.1, 0.15) is 32.6 Å². The van der Waals surface area contributed by atoms with Crippen molar-refractivity contribution in [1.82, 2.24) is 0 Å². The minimum absolute atomic E-state index is 0.0343. The van der Waals surface area contributed by atoms with Gasteiger partial charge >= 0.3 is 13.6 Å². The second kappa shape index (κ2) is 6.80. The number of unbranched alkanes of at least 4 members (excludes halogenated alkanes) is 3. The number of carbonyl (C=O) groups excluding carboxylic acids is 1.